The Morgan fingerprint density at radius 3 is 2.70 bits per heavy atom. The second kappa shape index (κ2) is 6.55. The highest BCUT2D eigenvalue weighted by Crippen LogP contribution is 2.24. The van der Waals surface area contributed by atoms with Crippen LogP contribution in [-0.2, 0) is 0 Å². The van der Waals surface area contributed by atoms with Gasteiger partial charge < -0.3 is 5.32 Å². The predicted molar refractivity (Wildman–Crippen MR) is 87.4 cm³/mol. The fourth-order valence-electron chi connectivity index (χ4n) is 2.28. The minimum Gasteiger partial charge on any atom is -0.310 e. The summed E-state index contributed by atoms with van der Waals surface area (Å²) in [4.78, 5) is 0. The van der Waals surface area contributed by atoms with Crippen LogP contribution in [0.1, 0.15) is 43.3 Å². The number of hydrogen-bond acceptors (Lipinski definition) is 2. The van der Waals surface area contributed by atoms with Crippen molar-refractivity contribution >= 4 is 15.9 Å². The summed E-state index contributed by atoms with van der Waals surface area (Å²) in [5.41, 5.74) is 4.55. The Labute approximate surface area is 129 Å². The molecule has 0 amide bonds. The van der Waals surface area contributed by atoms with Gasteiger partial charge in [0.1, 0.15) is 0 Å². The van der Waals surface area contributed by atoms with Gasteiger partial charge in [0.05, 0.1) is 21.5 Å². The van der Waals surface area contributed by atoms with Crippen LogP contribution in [0.15, 0.2) is 28.7 Å². The third-order valence-corrected chi connectivity index (χ3v) is 4.67. The standard InChI is InChI=1S/C16H22BrN3/c1-5-9-18-11(2)14-7-6-8-15(10-14)20-13(4)16(17)12(3)19-20/h6-8,10-11,18H,5,9H2,1-4H3. The molecule has 0 bridgehead atoms. The monoisotopic (exact) mass is 335 g/mol. The van der Waals surface area contributed by atoms with E-state index in [0.29, 0.717) is 6.04 Å². The maximum atomic E-state index is 4.59. The molecule has 0 saturated heterocycles. The topological polar surface area (TPSA) is 29.9 Å². The minimum atomic E-state index is 0.357. The number of nitrogens with zero attached hydrogens (tertiary/aromatic N) is 2. The summed E-state index contributed by atoms with van der Waals surface area (Å²) in [5.74, 6) is 0. The Bertz CT molecular complexity index is 589. The molecule has 0 spiro atoms. The molecule has 1 aromatic carbocycles. The molecule has 3 nitrogen and oxygen atoms in total. The summed E-state index contributed by atoms with van der Waals surface area (Å²) in [5, 5.41) is 8.11. The van der Waals surface area contributed by atoms with Crippen molar-refractivity contribution in [1.82, 2.24) is 15.1 Å². The molecule has 1 unspecified atom stereocenters. The van der Waals surface area contributed by atoms with Crippen molar-refractivity contribution in [3.63, 3.8) is 0 Å². The zero-order valence-corrected chi connectivity index (χ0v) is 14.2. The Balaban J connectivity index is 2.32. The van der Waals surface area contributed by atoms with Crippen LogP contribution in [0.25, 0.3) is 5.69 Å². The molecule has 20 heavy (non-hydrogen) atoms. The second-order valence-corrected chi connectivity index (χ2v) is 5.96. The van der Waals surface area contributed by atoms with Gasteiger partial charge in [0, 0.05) is 6.04 Å². The molecule has 108 valence electrons. The average molecular weight is 336 g/mol. The average Bonchev–Trinajstić information content (AvgIpc) is 2.72. The van der Waals surface area contributed by atoms with Gasteiger partial charge in [-0.25, -0.2) is 4.68 Å². The molecular weight excluding hydrogens is 314 g/mol. The predicted octanol–water partition coefficient (Wildman–Crippen LogP) is 4.31. The van der Waals surface area contributed by atoms with Crippen molar-refractivity contribution in [3.8, 4) is 5.69 Å². The molecule has 0 aliphatic heterocycles. The Kier molecular flexibility index (Phi) is 5.00. The smallest absolute Gasteiger partial charge is 0.0743 e. The van der Waals surface area contributed by atoms with Crippen molar-refractivity contribution in [2.24, 2.45) is 0 Å². The van der Waals surface area contributed by atoms with E-state index in [0.717, 1.165) is 34.5 Å². The molecule has 1 atom stereocenters. The minimum absolute atomic E-state index is 0.357. The van der Waals surface area contributed by atoms with Gasteiger partial charge in [0.15, 0.2) is 0 Å². The fourth-order valence-corrected chi connectivity index (χ4v) is 2.53. The highest BCUT2D eigenvalue weighted by molar-refractivity contribution is 9.10. The first kappa shape index (κ1) is 15.3. The van der Waals surface area contributed by atoms with Crippen molar-refractivity contribution in [2.45, 2.75) is 40.2 Å². The van der Waals surface area contributed by atoms with Gasteiger partial charge in [0.25, 0.3) is 0 Å². The molecule has 0 aliphatic rings. The summed E-state index contributed by atoms with van der Waals surface area (Å²) in [7, 11) is 0. The molecule has 1 heterocycles. The zero-order valence-electron chi connectivity index (χ0n) is 12.6. The van der Waals surface area contributed by atoms with Crippen LogP contribution in [0.3, 0.4) is 0 Å². The van der Waals surface area contributed by atoms with Gasteiger partial charge in [-0.05, 0) is 67.4 Å². The molecule has 1 N–H and O–H groups in total. The number of benzene rings is 1. The second-order valence-electron chi connectivity index (χ2n) is 5.17. The van der Waals surface area contributed by atoms with Crippen molar-refractivity contribution < 1.29 is 0 Å². The van der Waals surface area contributed by atoms with Gasteiger partial charge in [-0.3, -0.25) is 0 Å². The molecular formula is C16H22BrN3. The highest BCUT2D eigenvalue weighted by Gasteiger charge is 2.11. The van der Waals surface area contributed by atoms with E-state index in [1.807, 2.05) is 11.6 Å². The lowest BCUT2D eigenvalue weighted by Crippen LogP contribution is -2.19. The van der Waals surface area contributed by atoms with Gasteiger partial charge in [-0.15, -0.1) is 0 Å². The lowest BCUT2D eigenvalue weighted by atomic mass is 10.1. The lowest BCUT2D eigenvalue weighted by Gasteiger charge is -2.15. The van der Waals surface area contributed by atoms with E-state index in [9.17, 15) is 0 Å². The first-order valence-corrected chi connectivity index (χ1v) is 7.89. The first-order valence-electron chi connectivity index (χ1n) is 7.10. The maximum Gasteiger partial charge on any atom is 0.0743 e. The molecule has 4 heteroatoms. The zero-order chi connectivity index (χ0) is 14.7. The number of aromatic nitrogens is 2. The van der Waals surface area contributed by atoms with Crippen LogP contribution in [0.4, 0.5) is 0 Å². The van der Waals surface area contributed by atoms with Crippen molar-refractivity contribution in [1.29, 1.82) is 0 Å². The molecule has 0 radical (unpaired) electrons. The Morgan fingerprint density at radius 1 is 1.35 bits per heavy atom. The van der Waals surface area contributed by atoms with Crippen molar-refractivity contribution in [2.75, 3.05) is 6.54 Å². The molecule has 1 aromatic heterocycles. The number of hydrogen-bond donors (Lipinski definition) is 1. The number of nitrogens with one attached hydrogen (secondary N) is 1. The third-order valence-electron chi connectivity index (χ3n) is 3.52. The van der Waals surface area contributed by atoms with E-state index in [4.69, 9.17) is 0 Å². The van der Waals surface area contributed by atoms with Crippen LogP contribution >= 0.6 is 15.9 Å². The van der Waals surface area contributed by atoms with Gasteiger partial charge in [-0.1, -0.05) is 19.1 Å². The number of rotatable bonds is 5. The Hall–Kier alpha value is -1.13. The fraction of sp³-hybridized carbons (Fsp3) is 0.438. The highest BCUT2D eigenvalue weighted by atomic mass is 79.9. The van der Waals surface area contributed by atoms with E-state index in [1.54, 1.807) is 0 Å². The van der Waals surface area contributed by atoms with Gasteiger partial charge in [0.2, 0.25) is 0 Å². The normalized spacial score (nSPS) is 12.7. The summed E-state index contributed by atoms with van der Waals surface area (Å²) in [6, 6.07) is 8.92. The molecule has 0 aliphatic carbocycles. The molecule has 2 aromatic rings. The van der Waals surface area contributed by atoms with E-state index >= 15 is 0 Å². The summed E-state index contributed by atoms with van der Waals surface area (Å²) in [6.45, 7) is 9.52. The summed E-state index contributed by atoms with van der Waals surface area (Å²) < 4.78 is 3.08. The van der Waals surface area contributed by atoms with Crippen LogP contribution in [0.2, 0.25) is 0 Å². The summed E-state index contributed by atoms with van der Waals surface area (Å²) in [6.07, 6.45) is 1.15. The lowest BCUT2D eigenvalue weighted by molar-refractivity contribution is 0.570. The molecule has 2 rings (SSSR count). The van der Waals surface area contributed by atoms with Crippen LogP contribution in [0, 0.1) is 13.8 Å². The largest absolute Gasteiger partial charge is 0.310 e. The van der Waals surface area contributed by atoms with Gasteiger partial charge >= 0.3 is 0 Å². The van der Waals surface area contributed by atoms with Gasteiger partial charge in [-0.2, -0.15) is 5.10 Å². The maximum absolute atomic E-state index is 4.59. The van der Waals surface area contributed by atoms with Crippen molar-refractivity contribution in [3.05, 3.63) is 45.7 Å². The van der Waals surface area contributed by atoms with E-state index < -0.39 is 0 Å². The SMILES string of the molecule is CCCNC(C)c1cccc(-n2nc(C)c(Br)c2C)c1. The van der Waals surface area contributed by atoms with E-state index in [1.165, 1.54) is 5.56 Å². The number of halogens is 1. The van der Waals surface area contributed by atoms with Crippen LogP contribution < -0.4 is 5.32 Å². The first-order chi connectivity index (χ1) is 9.54. The summed E-state index contributed by atoms with van der Waals surface area (Å²) >= 11 is 3.58. The molecule has 0 fully saturated rings. The van der Waals surface area contributed by atoms with E-state index in [2.05, 4.69) is 71.4 Å². The third kappa shape index (κ3) is 3.13. The molecule has 0 saturated carbocycles. The van der Waals surface area contributed by atoms with Crippen LogP contribution in [0.5, 0.6) is 0 Å². The van der Waals surface area contributed by atoms with E-state index in [-0.39, 0.29) is 0 Å². The Morgan fingerprint density at radius 2 is 2.10 bits per heavy atom. The van der Waals surface area contributed by atoms with Crippen LogP contribution in [-0.4, -0.2) is 16.3 Å². The number of aryl methyl sites for hydroxylation is 1. The quantitative estimate of drug-likeness (QED) is 0.882.